The number of pyridine rings is 1. The zero-order valence-corrected chi connectivity index (χ0v) is 12.3. The van der Waals surface area contributed by atoms with Gasteiger partial charge in [-0.25, -0.2) is 13.8 Å². The van der Waals surface area contributed by atoms with Gasteiger partial charge in [0.15, 0.2) is 0 Å². The van der Waals surface area contributed by atoms with Crippen LogP contribution in [0.3, 0.4) is 0 Å². The number of hydrogen-bond acceptors (Lipinski definition) is 1. The van der Waals surface area contributed by atoms with Gasteiger partial charge in [-0.15, -0.1) is 11.6 Å². The van der Waals surface area contributed by atoms with Crippen molar-refractivity contribution in [1.82, 2.24) is 4.98 Å². The molecule has 0 unspecified atom stereocenters. The molecule has 0 aliphatic carbocycles. The monoisotopic (exact) mass is 315 g/mol. The Bertz CT molecular complexity index is 818. The van der Waals surface area contributed by atoms with Crippen LogP contribution < -0.4 is 0 Å². The first-order valence-electron chi connectivity index (χ1n) is 6.76. The number of nitrogens with zero attached hydrogens (tertiary/aromatic N) is 1. The molecule has 1 aromatic heterocycles. The molecule has 0 N–H and O–H groups in total. The molecule has 0 aliphatic rings. The van der Waals surface area contributed by atoms with E-state index in [0.29, 0.717) is 28.1 Å². The van der Waals surface area contributed by atoms with Crippen molar-refractivity contribution >= 4 is 11.6 Å². The highest BCUT2D eigenvalue weighted by Crippen LogP contribution is 2.29. The molecule has 0 radical (unpaired) electrons. The molecule has 1 nitrogen and oxygen atoms in total. The Labute approximate surface area is 132 Å². The Kier molecular flexibility index (Phi) is 4.16. The van der Waals surface area contributed by atoms with E-state index in [1.807, 2.05) is 0 Å². The first kappa shape index (κ1) is 14.7. The topological polar surface area (TPSA) is 12.9 Å². The van der Waals surface area contributed by atoms with Gasteiger partial charge in [0.2, 0.25) is 0 Å². The van der Waals surface area contributed by atoms with Crippen LogP contribution in [0.25, 0.3) is 22.5 Å². The molecule has 3 rings (SSSR count). The summed E-state index contributed by atoms with van der Waals surface area (Å²) in [6.45, 7) is 0. The second kappa shape index (κ2) is 6.24. The van der Waals surface area contributed by atoms with Gasteiger partial charge in [-0.2, -0.15) is 0 Å². The molecule has 0 amide bonds. The number of aromatic nitrogens is 1. The van der Waals surface area contributed by atoms with Crippen molar-refractivity contribution in [3.63, 3.8) is 0 Å². The van der Waals surface area contributed by atoms with Gasteiger partial charge in [0.05, 0.1) is 11.4 Å². The standard InChI is InChI=1S/C18H12ClF2N/c19-11-12-9-10-17(13-5-1-3-7-15(13)20)22-18(12)14-6-2-4-8-16(14)21/h1-10H,11H2. The first-order valence-corrected chi connectivity index (χ1v) is 7.30. The highest BCUT2D eigenvalue weighted by molar-refractivity contribution is 6.17. The van der Waals surface area contributed by atoms with Crippen LogP contribution in [0.2, 0.25) is 0 Å². The Morgan fingerprint density at radius 3 is 1.95 bits per heavy atom. The van der Waals surface area contributed by atoms with Crippen LogP contribution in [0.15, 0.2) is 60.7 Å². The Hall–Kier alpha value is -2.26. The first-order chi connectivity index (χ1) is 10.7. The summed E-state index contributed by atoms with van der Waals surface area (Å²) < 4.78 is 28.0. The van der Waals surface area contributed by atoms with Crippen LogP contribution in [0.5, 0.6) is 0 Å². The average molecular weight is 316 g/mol. The summed E-state index contributed by atoms with van der Waals surface area (Å²) in [5.74, 6) is -0.547. The molecule has 0 aliphatic heterocycles. The van der Waals surface area contributed by atoms with Crippen molar-refractivity contribution in [3.8, 4) is 22.5 Å². The minimum Gasteiger partial charge on any atom is -0.247 e. The number of halogens is 3. The molecule has 0 saturated heterocycles. The summed E-state index contributed by atoms with van der Waals surface area (Å²) in [4.78, 5) is 4.44. The van der Waals surface area contributed by atoms with Crippen LogP contribution in [0.4, 0.5) is 8.78 Å². The van der Waals surface area contributed by atoms with E-state index in [-0.39, 0.29) is 17.5 Å². The van der Waals surface area contributed by atoms with Crippen LogP contribution in [0.1, 0.15) is 5.56 Å². The molecule has 0 atom stereocenters. The van der Waals surface area contributed by atoms with E-state index < -0.39 is 0 Å². The fourth-order valence-corrected chi connectivity index (χ4v) is 2.52. The van der Waals surface area contributed by atoms with Crippen molar-refractivity contribution in [2.75, 3.05) is 0 Å². The maximum atomic E-state index is 14.0. The second-order valence-corrected chi connectivity index (χ2v) is 5.06. The molecule has 2 aromatic carbocycles. The third kappa shape index (κ3) is 2.72. The van der Waals surface area contributed by atoms with Crippen LogP contribution in [-0.2, 0) is 5.88 Å². The summed E-state index contributed by atoms with van der Waals surface area (Å²) >= 11 is 5.93. The molecule has 110 valence electrons. The summed E-state index contributed by atoms with van der Waals surface area (Å²) in [6, 6.07) is 16.2. The van der Waals surface area contributed by atoms with Gasteiger partial charge in [0, 0.05) is 17.0 Å². The van der Waals surface area contributed by atoms with Crippen LogP contribution in [-0.4, -0.2) is 4.98 Å². The quantitative estimate of drug-likeness (QED) is 0.587. The average Bonchev–Trinajstić information content (AvgIpc) is 2.55. The molecule has 4 heteroatoms. The molecule has 0 bridgehead atoms. The smallest absolute Gasteiger partial charge is 0.132 e. The lowest BCUT2D eigenvalue weighted by atomic mass is 10.0. The molecular formula is C18H12ClF2N. The van der Waals surface area contributed by atoms with E-state index in [2.05, 4.69) is 4.98 Å². The Morgan fingerprint density at radius 2 is 1.36 bits per heavy atom. The van der Waals surface area contributed by atoms with Gasteiger partial charge in [-0.3, -0.25) is 0 Å². The van der Waals surface area contributed by atoms with E-state index in [4.69, 9.17) is 11.6 Å². The van der Waals surface area contributed by atoms with Gasteiger partial charge < -0.3 is 0 Å². The maximum absolute atomic E-state index is 14.0. The fraction of sp³-hybridized carbons (Fsp3) is 0.0556. The Balaban J connectivity index is 2.20. The van der Waals surface area contributed by atoms with Gasteiger partial charge in [-0.05, 0) is 35.9 Å². The van der Waals surface area contributed by atoms with Crippen LogP contribution >= 0.6 is 11.6 Å². The molecular weight excluding hydrogens is 304 g/mol. The molecule has 0 saturated carbocycles. The number of hydrogen-bond donors (Lipinski definition) is 0. The van der Waals surface area contributed by atoms with E-state index in [9.17, 15) is 8.78 Å². The predicted molar refractivity (Wildman–Crippen MR) is 84.6 cm³/mol. The van der Waals surface area contributed by atoms with Gasteiger partial charge >= 0.3 is 0 Å². The lowest BCUT2D eigenvalue weighted by Crippen LogP contribution is -1.97. The maximum Gasteiger partial charge on any atom is 0.132 e. The predicted octanol–water partition coefficient (Wildman–Crippen LogP) is 5.43. The minimum absolute atomic E-state index is 0.203. The van der Waals surface area contributed by atoms with Crippen LogP contribution in [0, 0.1) is 11.6 Å². The van der Waals surface area contributed by atoms with E-state index in [1.165, 1.54) is 12.1 Å². The van der Waals surface area contributed by atoms with Gasteiger partial charge in [-0.1, -0.05) is 30.3 Å². The minimum atomic E-state index is -0.382. The third-order valence-corrected chi connectivity index (χ3v) is 3.69. The SMILES string of the molecule is Fc1ccccc1-c1ccc(CCl)c(-c2ccccc2F)n1. The van der Waals surface area contributed by atoms with E-state index >= 15 is 0 Å². The molecule has 0 spiro atoms. The summed E-state index contributed by atoms with van der Waals surface area (Å²) in [5.41, 5.74) is 2.32. The van der Waals surface area contributed by atoms with Crippen molar-refractivity contribution < 1.29 is 8.78 Å². The zero-order valence-electron chi connectivity index (χ0n) is 11.6. The van der Waals surface area contributed by atoms with Gasteiger partial charge in [0.1, 0.15) is 11.6 Å². The number of alkyl halides is 1. The lowest BCUT2D eigenvalue weighted by molar-refractivity contribution is 0.630. The molecule has 22 heavy (non-hydrogen) atoms. The zero-order chi connectivity index (χ0) is 15.5. The normalized spacial score (nSPS) is 10.7. The van der Waals surface area contributed by atoms with Crippen molar-refractivity contribution in [1.29, 1.82) is 0 Å². The summed E-state index contributed by atoms with van der Waals surface area (Å²) in [5, 5.41) is 0. The number of benzene rings is 2. The molecule has 1 heterocycles. The third-order valence-electron chi connectivity index (χ3n) is 3.40. The van der Waals surface area contributed by atoms with E-state index in [0.717, 1.165) is 0 Å². The highest BCUT2D eigenvalue weighted by atomic mass is 35.5. The van der Waals surface area contributed by atoms with Crippen molar-refractivity contribution in [3.05, 3.63) is 77.9 Å². The Morgan fingerprint density at radius 1 is 0.773 bits per heavy atom. The van der Waals surface area contributed by atoms with Crippen molar-refractivity contribution in [2.45, 2.75) is 5.88 Å². The van der Waals surface area contributed by atoms with Gasteiger partial charge in [0.25, 0.3) is 0 Å². The highest BCUT2D eigenvalue weighted by Gasteiger charge is 2.14. The van der Waals surface area contributed by atoms with E-state index in [1.54, 1.807) is 48.5 Å². The fourth-order valence-electron chi connectivity index (χ4n) is 2.30. The largest absolute Gasteiger partial charge is 0.247 e. The summed E-state index contributed by atoms with van der Waals surface area (Å²) in [7, 11) is 0. The molecule has 0 fully saturated rings. The lowest BCUT2D eigenvalue weighted by Gasteiger charge is -2.11. The number of rotatable bonds is 3. The van der Waals surface area contributed by atoms with Crippen molar-refractivity contribution in [2.24, 2.45) is 0 Å². The molecule has 3 aromatic rings. The second-order valence-electron chi connectivity index (χ2n) is 4.80. The summed E-state index contributed by atoms with van der Waals surface area (Å²) in [6.07, 6.45) is 0.